The van der Waals surface area contributed by atoms with E-state index in [0.29, 0.717) is 44.3 Å². The third-order valence-electron chi connectivity index (χ3n) is 6.18. The van der Waals surface area contributed by atoms with Gasteiger partial charge in [0, 0.05) is 32.3 Å². The minimum atomic E-state index is -0.558. The summed E-state index contributed by atoms with van der Waals surface area (Å²) >= 11 is 0. The van der Waals surface area contributed by atoms with Crippen LogP contribution < -0.4 is 10.1 Å². The van der Waals surface area contributed by atoms with Crippen molar-refractivity contribution in [3.63, 3.8) is 0 Å². The number of carbonyl (C=O) groups is 2. The van der Waals surface area contributed by atoms with E-state index in [-0.39, 0.29) is 11.7 Å². The lowest BCUT2D eigenvalue weighted by molar-refractivity contribution is 0.0164. The molecule has 0 atom stereocenters. The van der Waals surface area contributed by atoms with Crippen LogP contribution in [0.3, 0.4) is 0 Å². The molecule has 1 heterocycles. The highest BCUT2D eigenvalue weighted by Gasteiger charge is 2.27. The minimum absolute atomic E-state index is 0.0342. The number of nitrogens with one attached hydrogen (secondary N) is 1. The number of rotatable bonds is 9. The molecule has 2 aromatic rings. The Morgan fingerprint density at radius 3 is 2.38 bits per heavy atom. The van der Waals surface area contributed by atoms with Gasteiger partial charge in [-0.15, -0.1) is 0 Å². The molecular formula is C29H39FN2O5. The zero-order chi connectivity index (χ0) is 27.0. The fourth-order valence-corrected chi connectivity index (χ4v) is 4.20. The van der Waals surface area contributed by atoms with Crippen LogP contribution in [0.4, 0.5) is 9.18 Å². The van der Waals surface area contributed by atoms with Gasteiger partial charge in [-0.05, 0) is 81.3 Å². The van der Waals surface area contributed by atoms with Gasteiger partial charge < -0.3 is 24.4 Å². The average molecular weight is 515 g/mol. The predicted molar refractivity (Wildman–Crippen MR) is 141 cm³/mol. The summed E-state index contributed by atoms with van der Waals surface area (Å²) in [5, 5.41) is 2.70. The molecule has 0 spiro atoms. The Hall–Kier alpha value is -3.13. The van der Waals surface area contributed by atoms with E-state index in [0.717, 1.165) is 36.1 Å². The number of hydrogen-bond donors (Lipinski definition) is 1. The summed E-state index contributed by atoms with van der Waals surface area (Å²) in [6.45, 7) is 10.2. The standard InChI is InChI=1S/C29H39FN2O5/c1-6-13-31-27(33)24-9-7-22(17-25(24)30)21-8-10-26(23(16-21)19-35-5)36-18-20-11-14-32(15-12-20)28(34)37-29(2,3)4/h7-10,16-17,20H,6,11-15,18-19H2,1-5H3,(H,31,33). The SMILES string of the molecule is CCCNC(=O)c1ccc(-c2ccc(OCC3CCN(C(=O)OC(C)(C)C)CC3)c(COC)c2)cc1F. The first-order chi connectivity index (χ1) is 17.6. The Bertz CT molecular complexity index is 1070. The van der Waals surface area contributed by atoms with Crippen LogP contribution in [0, 0.1) is 11.7 Å². The number of hydrogen-bond acceptors (Lipinski definition) is 5. The van der Waals surface area contributed by atoms with E-state index in [2.05, 4.69) is 5.32 Å². The number of piperidine rings is 1. The molecule has 3 rings (SSSR count). The number of benzene rings is 2. The second-order valence-electron chi connectivity index (χ2n) is 10.4. The van der Waals surface area contributed by atoms with E-state index >= 15 is 0 Å². The maximum atomic E-state index is 14.7. The fraction of sp³-hybridized carbons (Fsp3) is 0.517. The van der Waals surface area contributed by atoms with Crippen LogP contribution in [-0.4, -0.2) is 55.9 Å². The van der Waals surface area contributed by atoms with Gasteiger partial charge in [0.15, 0.2) is 0 Å². The molecule has 1 aliphatic rings. The molecule has 8 heteroatoms. The molecule has 0 aromatic heterocycles. The lowest BCUT2D eigenvalue weighted by Gasteiger charge is -2.33. The van der Waals surface area contributed by atoms with Crippen molar-refractivity contribution in [1.29, 1.82) is 0 Å². The van der Waals surface area contributed by atoms with Crippen molar-refractivity contribution >= 4 is 12.0 Å². The Balaban J connectivity index is 1.63. The Morgan fingerprint density at radius 2 is 1.76 bits per heavy atom. The maximum absolute atomic E-state index is 14.7. The first kappa shape index (κ1) is 28.4. The van der Waals surface area contributed by atoms with E-state index in [1.54, 1.807) is 18.1 Å². The molecular weight excluding hydrogens is 475 g/mol. The summed E-state index contributed by atoms with van der Waals surface area (Å²) in [4.78, 5) is 26.2. The smallest absolute Gasteiger partial charge is 0.410 e. The average Bonchev–Trinajstić information content (AvgIpc) is 2.86. The molecule has 1 aliphatic heterocycles. The molecule has 0 radical (unpaired) electrons. The zero-order valence-electron chi connectivity index (χ0n) is 22.6. The number of methoxy groups -OCH3 is 1. The molecule has 0 unspecified atom stereocenters. The summed E-state index contributed by atoms with van der Waals surface area (Å²) in [6.07, 6.45) is 2.20. The van der Waals surface area contributed by atoms with Crippen LogP contribution >= 0.6 is 0 Å². The molecule has 1 saturated heterocycles. The number of ether oxygens (including phenoxy) is 3. The fourth-order valence-electron chi connectivity index (χ4n) is 4.20. The van der Waals surface area contributed by atoms with Gasteiger partial charge in [0.2, 0.25) is 0 Å². The van der Waals surface area contributed by atoms with Crippen LogP contribution in [-0.2, 0) is 16.1 Å². The Morgan fingerprint density at radius 1 is 1.08 bits per heavy atom. The molecule has 2 amide bonds. The van der Waals surface area contributed by atoms with Crippen molar-refractivity contribution < 1.29 is 28.2 Å². The third kappa shape index (κ3) is 8.18. The zero-order valence-corrected chi connectivity index (χ0v) is 22.6. The summed E-state index contributed by atoms with van der Waals surface area (Å²) in [6, 6.07) is 10.3. The lowest BCUT2D eigenvalue weighted by atomic mass is 9.98. The van der Waals surface area contributed by atoms with E-state index in [1.807, 2.05) is 45.9 Å². The van der Waals surface area contributed by atoms with E-state index in [4.69, 9.17) is 14.2 Å². The van der Waals surface area contributed by atoms with Gasteiger partial charge in [-0.2, -0.15) is 0 Å². The number of amides is 2. The van der Waals surface area contributed by atoms with Crippen molar-refractivity contribution in [3.8, 4) is 16.9 Å². The topological polar surface area (TPSA) is 77.1 Å². The summed E-state index contributed by atoms with van der Waals surface area (Å²) in [5.74, 6) is 0.0783. The Kier molecular flexibility index (Phi) is 9.92. The first-order valence-corrected chi connectivity index (χ1v) is 12.9. The summed E-state index contributed by atoms with van der Waals surface area (Å²) in [7, 11) is 1.62. The number of likely N-dealkylation sites (tertiary alicyclic amines) is 1. The Labute approximate surface area is 219 Å². The lowest BCUT2D eigenvalue weighted by Crippen LogP contribution is -2.42. The molecule has 1 fully saturated rings. The van der Waals surface area contributed by atoms with Crippen LogP contribution in [0.5, 0.6) is 5.75 Å². The van der Waals surface area contributed by atoms with Crippen molar-refractivity contribution in [2.75, 3.05) is 33.4 Å². The van der Waals surface area contributed by atoms with Crippen molar-refractivity contribution in [1.82, 2.24) is 10.2 Å². The van der Waals surface area contributed by atoms with Crippen LogP contribution in [0.1, 0.15) is 62.9 Å². The van der Waals surface area contributed by atoms with Gasteiger partial charge in [0.25, 0.3) is 5.91 Å². The van der Waals surface area contributed by atoms with Crippen molar-refractivity contribution in [3.05, 3.63) is 53.3 Å². The van der Waals surface area contributed by atoms with Gasteiger partial charge in [-0.3, -0.25) is 4.79 Å². The molecule has 37 heavy (non-hydrogen) atoms. The summed E-state index contributed by atoms with van der Waals surface area (Å²) < 4.78 is 31.7. The third-order valence-corrected chi connectivity index (χ3v) is 6.18. The second kappa shape index (κ2) is 12.9. The number of halogens is 1. The van der Waals surface area contributed by atoms with Crippen LogP contribution in [0.2, 0.25) is 0 Å². The van der Waals surface area contributed by atoms with Crippen molar-refractivity contribution in [2.45, 2.75) is 59.2 Å². The predicted octanol–water partition coefficient (Wildman–Crippen LogP) is 5.80. The largest absolute Gasteiger partial charge is 0.493 e. The summed E-state index contributed by atoms with van der Waals surface area (Å²) in [5.41, 5.74) is 1.87. The van der Waals surface area contributed by atoms with Gasteiger partial charge >= 0.3 is 6.09 Å². The highest BCUT2D eigenvalue weighted by Crippen LogP contribution is 2.30. The first-order valence-electron chi connectivity index (χ1n) is 12.9. The molecule has 1 N–H and O–H groups in total. The molecule has 0 bridgehead atoms. The monoisotopic (exact) mass is 514 g/mol. The molecule has 0 saturated carbocycles. The van der Waals surface area contributed by atoms with E-state index in [9.17, 15) is 14.0 Å². The molecule has 2 aromatic carbocycles. The quantitative estimate of drug-likeness (QED) is 0.457. The maximum Gasteiger partial charge on any atom is 0.410 e. The van der Waals surface area contributed by atoms with Gasteiger partial charge in [-0.25, -0.2) is 9.18 Å². The number of carbonyl (C=O) groups excluding carboxylic acids is 2. The van der Waals surface area contributed by atoms with Crippen LogP contribution in [0.25, 0.3) is 11.1 Å². The molecule has 0 aliphatic carbocycles. The minimum Gasteiger partial charge on any atom is -0.493 e. The van der Waals surface area contributed by atoms with Gasteiger partial charge in [0.05, 0.1) is 18.8 Å². The molecule has 7 nitrogen and oxygen atoms in total. The molecule has 202 valence electrons. The number of nitrogens with zero attached hydrogens (tertiary/aromatic N) is 1. The van der Waals surface area contributed by atoms with Crippen molar-refractivity contribution in [2.24, 2.45) is 5.92 Å². The van der Waals surface area contributed by atoms with Gasteiger partial charge in [-0.1, -0.05) is 19.1 Å². The van der Waals surface area contributed by atoms with E-state index < -0.39 is 17.3 Å². The second-order valence-corrected chi connectivity index (χ2v) is 10.4. The highest BCUT2D eigenvalue weighted by molar-refractivity contribution is 5.95. The van der Waals surface area contributed by atoms with Crippen LogP contribution in [0.15, 0.2) is 36.4 Å². The highest BCUT2D eigenvalue weighted by atomic mass is 19.1. The van der Waals surface area contributed by atoms with Gasteiger partial charge in [0.1, 0.15) is 17.2 Å². The van der Waals surface area contributed by atoms with E-state index in [1.165, 1.54) is 12.1 Å². The normalized spacial score (nSPS) is 14.4.